The van der Waals surface area contributed by atoms with E-state index in [0.29, 0.717) is 18.5 Å². The molecule has 19 heavy (non-hydrogen) atoms. The fraction of sp³-hybridized carbons (Fsp3) is 0.400. The monoisotopic (exact) mass is 256 g/mol. The summed E-state index contributed by atoms with van der Waals surface area (Å²) in [6, 6.07) is 9.35. The molecule has 1 heterocycles. The van der Waals surface area contributed by atoms with E-state index in [0.717, 1.165) is 5.56 Å². The van der Waals surface area contributed by atoms with Gasteiger partial charge in [-0.25, -0.2) is 0 Å². The van der Waals surface area contributed by atoms with Crippen LogP contribution in [0.15, 0.2) is 24.3 Å². The molecule has 0 atom stereocenters. The molecule has 4 heteroatoms. The summed E-state index contributed by atoms with van der Waals surface area (Å²) < 4.78 is 0. The molecule has 0 fully saturated rings. The van der Waals surface area contributed by atoms with E-state index in [9.17, 15) is 9.59 Å². The summed E-state index contributed by atoms with van der Waals surface area (Å²) >= 11 is 0. The van der Waals surface area contributed by atoms with Gasteiger partial charge in [0.05, 0.1) is 17.9 Å². The van der Waals surface area contributed by atoms with Crippen LogP contribution in [-0.2, 0) is 11.2 Å². The predicted octanol–water partition coefficient (Wildman–Crippen LogP) is 2.15. The minimum absolute atomic E-state index is 0.183. The van der Waals surface area contributed by atoms with Crippen LogP contribution in [0, 0.1) is 16.7 Å². The lowest BCUT2D eigenvalue weighted by Gasteiger charge is -2.28. The van der Waals surface area contributed by atoms with Gasteiger partial charge in [0.25, 0.3) is 5.91 Å². The van der Waals surface area contributed by atoms with E-state index in [-0.39, 0.29) is 18.2 Å². The summed E-state index contributed by atoms with van der Waals surface area (Å²) in [5.41, 5.74) is 0.850. The average Bonchev–Trinajstić information content (AvgIpc) is 2.38. The Morgan fingerprint density at radius 1 is 1.32 bits per heavy atom. The smallest absolute Gasteiger partial charge is 0.260 e. The van der Waals surface area contributed by atoms with Crippen LogP contribution in [0.3, 0.4) is 0 Å². The second kappa shape index (κ2) is 4.85. The first-order valence-electron chi connectivity index (χ1n) is 6.28. The molecule has 1 aromatic rings. The molecule has 98 valence electrons. The highest BCUT2D eigenvalue weighted by Crippen LogP contribution is 2.23. The number of carbonyl (C=O) groups excluding carboxylic acids is 2. The molecule has 0 bridgehead atoms. The van der Waals surface area contributed by atoms with Crippen LogP contribution in [0.2, 0.25) is 0 Å². The van der Waals surface area contributed by atoms with Crippen molar-refractivity contribution in [2.24, 2.45) is 5.41 Å². The number of amides is 2. The van der Waals surface area contributed by atoms with Crippen LogP contribution in [0.5, 0.6) is 0 Å². The van der Waals surface area contributed by atoms with Gasteiger partial charge in [0, 0.05) is 12.1 Å². The number of nitriles is 1. The molecule has 0 spiro atoms. The van der Waals surface area contributed by atoms with Crippen LogP contribution in [0.1, 0.15) is 36.2 Å². The van der Waals surface area contributed by atoms with Gasteiger partial charge in [-0.3, -0.25) is 14.5 Å². The van der Waals surface area contributed by atoms with Crippen LogP contribution >= 0.6 is 0 Å². The standard InChI is InChI=1S/C15H16N2O2/c1-15(2,10-16)7-8-17-13(18)9-11-5-3-4-6-12(11)14(17)19/h3-6H,7-9H2,1-2H3. The lowest BCUT2D eigenvalue weighted by molar-refractivity contribution is -0.128. The maximum absolute atomic E-state index is 12.3. The van der Waals surface area contributed by atoms with Crippen molar-refractivity contribution in [1.82, 2.24) is 4.90 Å². The molecule has 1 aliphatic heterocycles. The molecular weight excluding hydrogens is 240 g/mol. The Labute approximate surface area is 112 Å². The quantitative estimate of drug-likeness (QED) is 0.778. The van der Waals surface area contributed by atoms with Crippen molar-refractivity contribution in [2.75, 3.05) is 6.54 Å². The largest absolute Gasteiger partial charge is 0.278 e. The molecule has 0 saturated heterocycles. The number of imide groups is 1. The molecule has 0 radical (unpaired) electrons. The van der Waals surface area contributed by atoms with Crippen LogP contribution < -0.4 is 0 Å². The van der Waals surface area contributed by atoms with E-state index >= 15 is 0 Å². The van der Waals surface area contributed by atoms with Crippen molar-refractivity contribution in [3.05, 3.63) is 35.4 Å². The molecule has 4 nitrogen and oxygen atoms in total. The molecule has 0 aromatic heterocycles. The molecule has 1 aromatic carbocycles. The van der Waals surface area contributed by atoms with Gasteiger partial charge in [-0.1, -0.05) is 18.2 Å². The molecule has 2 amide bonds. The van der Waals surface area contributed by atoms with Gasteiger partial charge < -0.3 is 0 Å². The number of fused-ring (bicyclic) bond motifs is 1. The summed E-state index contributed by atoms with van der Waals surface area (Å²) in [4.78, 5) is 25.5. The summed E-state index contributed by atoms with van der Waals surface area (Å²) in [6.45, 7) is 3.91. The Morgan fingerprint density at radius 2 is 2.00 bits per heavy atom. The Kier molecular flexibility index (Phi) is 3.39. The number of rotatable bonds is 3. The van der Waals surface area contributed by atoms with Gasteiger partial charge in [0.15, 0.2) is 0 Å². The van der Waals surface area contributed by atoms with Gasteiger partial charge in [-0.2, -0.15) is 5.26 Å². The van der Waals surface area contributed by atoms with E-state index in [1.165, 1.54) is 4.90 Å². The highest BCUT2D eigenvalue weighted by atomic mass is 16.2. The van der Waals surface area contributed by atoms with E-state index in [1.807, 2.05) is 12.1 Å². The molecule has 0 aliphatic carbocycles. The second-order valence-corrected chi connectivity index (χ2v) is 5.43. The second-order valence-electron chi connectivity index (χ2n) is 5.43. The van der Waals surface area contributed by atoms with Crippen molar-refractivity contribution in [1.29, 1.82) is 5.26 Å². The minimum Gasteiger partial charge on any atom is -0.278 e. The lowest BCUT2D eigenvalue weighted by atomic mass is 9.90. The minimum atomic E-state index is -0.530. The van der Waals surface area contributed by atoms with Crippen molar-refractivity contribution in [2.45, 2.75) is 26.7 Å². The number of hydrogen-bond acceptors (Lipinski definition) is 3. The van der Waals surface area contributed by atoms with Crippen LogP contribution in [0.25, 0.3) is 0 Å². The normalized spacial score (nSPS) is 15.1. The van der Waals surface area contributed by atoms with Crippen molar-refractivity contribution in [3.63, 3.8) is 0 Å². The summed E-state index contributed by atoms with van der Waals surface area (Å²) in [7, 11) is 0. The van der Waals surface area contributed by atoms with Gasteiger partial charge in [-0.15, -0.1) is 0 Å². The Morgan fingerprint density at radius 3 is 2.68 bits per heavy atom. The molecular formula is C15H16N2O2. The van der Waals surface area contributed by atoms with E-state index < -0.39 is 5.41 Å². The fourth-order valence-electron chi connectivity index (χ4n) is 2.07. The summed E-state index contributed by atoms with van der Waals surface area (Å²) in [5.74, 6) is -0.432. The van der Waals surface area contributed by atoms with Gasteiger partial charge in [-0.05, 0) is 31.9 Å². The SMILES string of the molecule is CC(C)(C#N)CCN1C(=O)Cc2ccccc2C1=O. The third kappa shape index (κ3) is 2.65. The van der Waals surface area contributed by atoms with Crippen molar-refractivity contribution < 1.29 is 9.59 Å². The summed E-state index contributed by atoms with van der Waals surface area (Å²) in [6.07, 6.45) is 0.748. The predicted molar refractivity (Wildman–Crippen MR) is 70.2 cm³/mol. The Hall–Kier alpha value is -2.15. The lowest BCUT2D eigenvalue weighted by Crippen LogP contribution is -2.43. The highest BCUT2D eigenvalue weighted by Gasteiger charge is 2.31. The topological polar surface area (TPSA) is 61.2 Å². The fourth-order valence-corrected chi connectivity index (χ4v) is 2.07. The number of nitrogens with zero attached hydrogens (tertiary/aromatic N) is 2. The van der Waals surface area contributed by atoms with Crippen LogP contribution in [0.4, 0.5) is 0 Å². The first kappa shape index (κ1) is 13.3. The zero-order chi connectivity index (χ0) is 14.0. The van der Waals surface area contributed by atoms with E-state index in [2.05, 4.69) is 6.07 Å². The first-order chi connectivity index (χ1) is 8.94. The van der Waals surface area contributed by atoms with E-state index in [4.69, 9.17) is 5.26 Å². The Balaban J connectivity index is 2.18. The van der Waals surface area contributed by atoms with E-state index in [1.54, 1.807) is 26.0 Å². The average molecular weight is 256 g/mol. The number of benzene rings is 1. The zero-order valence-electron chi connectivity index (χ0n) is 11.1. The number of carbonyl (C=O) groups is 2. The van der Waals surface area contributed by atoms with Crippen LogP contribution in [-0.4, -0.2) is 23.3 Å². The van der Waals surface area contributed by atoms with Gasteiger partial charge in [0.2, 0.25) is 5.91 Å². The highest BCUT2D eigenvalue weighted by molar-refractivity contribution is 6.09. The van der Waals surface area contributed by atoms with Gasteiger partial charge >= 0.3 is 0 Å². The molecule has 0 saturated carbocycles. The molecule has 1 aliphatic rings. The molecule has 2 rings (SSSR count). The van der Waals surface area contributed by atoms with Crippen molar-refractivity contribution in [3.8, 4) is 6.07 Å². The molecule has 0 unspecified atom stereocenters. The third-order valence-corrected chi connectivity index (χ3v) is 3.40. The third-order valence-electron chi connectivity index (χ3n) is 3.40. The van der Waals surface area contributed by atoms with Gasteiger partial charge in [0.1, 0.15) is 0 Å². The maximum Gasteiger partial charge on any atom is 0.260 e. The Bertz CT molecular complexity index is 570. The summed E-state index contributed by atoms with van der Waals surface area (Å²) in [5, 5.41) is 8.97. The zero-order valence-corrected chi connectivity index (χ0v) is 11.1. The maximum atomic E-state index is 12.3. The first-order valence-corrected chi connectivity index (χ1v) is 6.28. The number of hydrogen-bond donors (Lipinski definition) is 0. The molecule has 0 N–H and O–H groups in total. The van der Waals surface area contributed by atoms with Crippen molar-refractivity contribution >= 4 is 11.8 Å².